The van der Waals surface area contributed by atoms with Gasteiger partial charge in [-0.2, -0.15) is 31.6 Å². The zero-order valence-corrected chi connectivity index (χ0v) is 20.5. The molecule has 4 rings (SSSR count). The molecule has 2 fully saturated rings. The number of rotatable bonds is 6. The van der Waals surface area contributed by atoms with Gasteiger partial charge in [-0.3, -0.25) is 9.78 Å². The molecule has 2 saturated carbocycles. The predicted molar refractivity (Wildman–Crippen MR) is 120 cm³/mol. The summed E-state index contributed by atoms with van der Waals surface area (Å²) in [6, 6.07) is 5.82. The van der Waals surface area contributed by atoms with Crippen molar-refractivity contribution in [2.24, 2.45) is 5.92 Å². The molecule has 1 aromatic heterocycles. The largest absolute Gasteiger partial charge is 0.433 e. The fourth-order valence-electron chi connectivity index (χ4n) is 4.59. The first kappa shape index (κ1) is 27.8. The molecular weight excluding hydrogens is 540 g/mol. The highest BCUT2D eigenvalue weighted by molar-refractivity contribution is 7.92. The zero-order valence-electron chi connectivity index (χ0n) is 19.7. The van der Waals surface area contributed by atoms with Gasteiger partial charge in [0.15, 0.2) is 9.84 Å². The van der Waals surface area contributed by atoms with E-state index in [-0.39, 0.29) is 24.0 Å². The first-order chi connectivity index (χ1) is 17.6. The van der Waals surface area contributed by atoms with E-state index in [9.17, 15) is 44.8 Å². The number of halogens is 6. The molecular formula is C24H21F6N3O4S. The fraction of sp³-hybridized carbons (Fsp3) is 0.458. The molecule has 0 aliphatic heterocycles. The van der Waals surface area contributed by atoms with Crippen LogP contribution in [0.2, 0.25) is 0 Å². The van der Waals surface area contributed by atoms with Gasteiger partial charge in [-0.05, 0) is 61.1 Å². The monoisotopic (exact) mass is 561 g/mol. The fourth-order valence-corrected chi connectivity index (χ4v) is 6.59. The lowest BCUT2D eigenvalue weighted by Gasteiger charge is -2.19. The van der Waals surface area contributed by atoms with E-state index in [1.807, 2.05) is 6.07 Å². The number of hydrogen-bond donors (Lipinski definition) is 1. The minimum atomic E-state index is -5.15. The molecule has 2 aromatic rings. The van der Waals surface area contributed by atoms with Gasteiger partial charge >= 0.3 is 12.4 Å². The number of nitrogens with one attached hydrogen (secondary N) is 1. The SMILES string of the molecule is CO[C@@H]1CC(S(=O)(=O)c2ccc(-c3ccnc(C(F)(F)F)c3)cc2C(F)(F)F)C[C@H]1C(=O)NC1(C#N)CC1. The molecule has 2 aliphatic carbocycles. The van der Waals surface area contributed by atoms with E-state index in [1.165, 1.54) is 7.11 Å². The van der Waals surface area contributed by atoms with Crippen molar-refractivity contribution in [1.82, 2.24) is 10.3 Å². The second-order valence-corrected chi connectivity index (χ2v) is 11.5. The van der Waals surface area contributed by atoms with Gasteiger partial charge in [0.2, 0.25) is 5.91 Å². The Labute approximate surface area is 213 Å². The summed E-state index contributed by atoms with van der Waals surface area (Å²) in [6.07, 6.45) is -9.81. The first-order valence-corrected chi connectivity index (χ1v) is 12.9. The molecule has 14 heteroatoms. The van der Waals surface area contributed by atoms with Crippen LogP contribution in [0, 0.1) is 17.2 Å². The van der Waals surface area contributed by atoms with E-state index in [0.717, 1.165) is 18.3 Å². The van der Waals surface area contributed by atoms with E-state index in [2.05, 4.69) is 10.3 Å². The van der Waals surface area contributed by atoms with Crippen molar-refractivity contribution in [3.8, 4) is 17.2 Å². The number of alkyl halides is 6. The highest BCUT2D eigenvalue weighted by Crippen LogP contribution is 2.43. The molecule has 1 amide bonds. The number of nitriles is 1. The van der Waals surface area contributed by atoms with Gasteiger partial charge in [0.05, 0.1) is 33.8 Å². The van der Waals surface area contributed by atoms with Gasteiger partial charge in [-0.15, -0.1) is 0 Å². The van der Waals surface area contributed by atoms with Crippen LogP contribution in [-0.4, -0.2) is 43.3 Å². The van der Waals surface area contributed by atoms with Crippen molar-refractivity contribution in [3.63, 3.8) is 0 Å². The summed E-state index contributed by atoms with van der Waals surface area (Å²) in [6.45, 7) is 0. The first-order valence-electron chi connectivity index (χ1n) is 11.4. The normalized spacial score (nSPS) is 23.1. The third-order valence-corrected chi connectivity index (χ3v) is 9.07. The standard InChI is InChI=1S/C24H21F6N3O4S/c1-37-18-11-15(10-16(18)21(34)33-22(12-31)5-6-22)38(35,36)19-3-2-13(8-17(19)23(25,26)27)14-4-7-32-20(9-14)24(28,29)30/h2-4,7-9,15-16,18H,5-6,10-11H2,1H3,(H,33,34)/t15?,16-,18-/m1/s1. The average Bonchev–Trinajstić information content (AvgIpc) is 3.48. The minimum absolute atomic E-state index is 0.231. The number of amides is 1. The number of sulfone groups is 1. The number of carbonyl (C=O) groups excluding carboxylic acids is 1. The molecule has 0 radical (unpaired) electrons. The molecule has 38 heavy (non-hydrogen) atoms. The summed E-state index contributed by atoms with van der Waals surface area (Å²) < 4.78 is 113. The quantitative estimate of drug-likeness (QED) is 0.520. The van der Waals surface area contributed by atoms with Gasteiger partial charge in [0, 0.05) is 13.3 Å². The maximum absolute atomic E-state index is 14.0. The third-order valence-electron chi connectivity index (χ3n) is 6.84. The zero-order chi connectivity index (χ0) is 28.1. The van der Waals surface area contributed by atoms with Crippen LogP contribution in [0.25, 0.3) is 11.1 Å². The van der Waals surface area contributed by atoms with Crippen molar-refractivity contribution in [3.05, 3.63) is 47.8 Å². The van der Waals surface area contributed by atoms with Crippen LogP contribution in [0.4, 0.5) is 26.3 Å². The van der Waals surface area contributed by atoms with Crippen LogP contribution in [-0.2, 0) is 31.7 Å². The number of methoxy groups -OCH3 is 1. The number of nitrogens with zero attached hydrogens (tertiary/aromatic N) is 2. The maximum Gasteiger partial charge on any atom is 0.433 e. The van der Waals surface area contributed by atoms with Crippen molar-refractivity contribution in [2.75, 3.05) is 7.11 Å². The van der Waals surface area contributed by atoms with Gasteiger partial charge in [-0.1, -0.05) is 6.07 Å². The summed E-state index contributed by atoms with van der Waals surface area (Å²) in [5.74, 6) is -1.62. The summed E-state index contributed by atoms with van der Waals surface area (Å²) in [4.78, 5) is 14.9. The molecule has 1 unspecified atom stereocenters. The number of benzene rings is 1. The Hall–Kier alpha value is -3.18. The molecule has 0 bridgehead atoms. The molecule has 204 valence electrons. The van der Waals surface area contributed by atoms with Crippen LogP contribution in [0.15, 0.2) is 41.4 Å². The second kappa shape index (κ2) is 9.53. The van der Waals surface area contributed by atoms with E-state index in [1.54, 1.807) is 0 Å². The van der Waals surface area contributed by atoms with Crippen molar-refractivity contribution in [2.45, 2.75) is 59.8 Å². The number of hydrogen-bond acceptors (Lipinski definition) is 6. The summed E-state index contributed by atoms with van der Waals surface area (Å²) >= 11 is 0. The molecule has 0 spiro atoms. The number of carbonyl (C=O) groups is 1. The van der Waals surface area contributed by atoms with E-state index >= 15 is 0 Å². The Kier molecular flexibility index (Phi) is 6.98. The van der Waals surface area contributed by atoms with Gasteiger partial charge in [0.1, 0.15) is 11.2 Å². The maximum atomic E-state index is 14.0. The Bertz CT molecular complexity index is 1400. The molecule has 7 nitrogen and oxygen atoms in total. The van der Waals surface area contributed by atoms with Crippen molar-refractivity contribution >= 4 is 15.7 Å². The molecule has 1 heterocycles. The summed E-state index contributed by atoms with van der Waals surface area (Å²) in [5.41, 5.74) is -4.39. The molecule has 1 aromatic carbocycles. The van der Waals surface area contributed by atoms with Crippen molar-refractivity contribution < 1.29 is 44.3 Å². The lowest BCUT2D eigenvalue weighted by Crippen LogP contribution is -2.42. The smallest absolute Gasteiger partial charge is 0.381 e. The van der Waals surface area contributed by atoms with Gasteiger partial charge in [0.25, 0.3) is 0 Å². The Morgan fingerprint density at radius 1 is 1.08 bits per heavy atom. The van der Waals surface area contributed by atoms with Gasteiger partial charge < -0.3 is 10.1 Å². The van der Waals surface area contributed by atoms with E-state index in [0.29, 0.717) is 31.0 Å². The highest BCUT2D eigenvalue weighted by Gasteiger charge is 2.51. The second-order valence-electron chi connectivity index (χ2n) is 9.34. The number of pyridine rings is 1. The lowest BCUT2D eigenvalue weighted by molar-refractivity contribution is -0.141. The predicted octanol–water partition coefficient (Wildman–Crippen LogP) is 4.53. The molecule has 0 saturated heterocycles. The van der Waals surface area contributed by atoms with Crippen molar-refractivity contribution in [1.29, 1.82) is 5.26 Å². The van der Waals surface area contributed by atoms with Crippen LogP contribution < -0.4 is 5.32 Å². The van der Waals surface area contributed by atoms with E-state index in [4.69, 9.17) is 4.74 Å². The Morgan fingerprint density at radius 2 is 1.74 bits per heavy atom. The molecule has 1 N–H and O–H groups in total. The number of ether oxygens (including phenoxy) is 1. The summed E-state index contributed by atoms with van der Waals surface area (Å²) in [7, 11) is -3.42. The minimum Gasteiger partial charge on any atom is -0.381 e. The Balaban J connectivity index is 1.68. The Morgan fingerprint density at radius 3 is 2.29 bits per heavy atom. The molecule has 2 aliphatic rings. The van der Waals surface area contributed by atoms with Crippen LogP contribution >= 0.6 is 0 Å². The van der Waals surface area contributed by atoms with Crippen LogP contribution in [0.1, 0.15) is 36.9 Å². The van der Waals surface area contributed by atoms with E-state index < -0.39 is 67.1 Å². The lowest BCUT2D eigenvalue weighted by atomic mass is 10.0. The average molecular weight is 562 g/mol. The summed E-state index contributed by atoms with van der Waals surface area (Å²) in [5, 5.41) is 10.4. The van der Waals surface area contributed by atoms with Crippen LogP contribution in [0.3, 0.4) is 0 Å². The van der Waals surface area contributed by atoms with Gasteiger partial charge in [-0.25, -0.2) is 8.42 Å². The highest BCUT2D eigenvalue weighted by atomic mass is 32.2. The number of aromatic nitrogens is 1. The van der Waals surface area contributed by atoms with Crippen LogP contribution in [0.5, 0.6) is 0 Å². The third kappa shape index (κ3) is 5.35. The molecule has 3 atom stereocenters. The topological polar surface area (TPSA) is 109 Å².